The number of likely N-dealkylation sites (N-methyl/N-ethyl adjacent to an activating group) is 1. The van der Waals surface area contributed by atoms with Crippen molar-refractivity contribution in [2.75, 3.05) is 67.9 Å². The number of nitrogens with one attached hydrogen (secondary N) is 2. The van der Waals surface area contributed by atoms with Crippen LogP contribution in [0.1, 0.15) is 91.5 Å². The van der Waals surface area contributed by atoms with E-state index in [1.807, 2.05) is 58.0 Å². The van der Waals surface area contributed by atoms with E-state index in [4.69, 9.17) is 29.2 Å². The van der Waals surface area contributed by atoms with Crippen molar-refractivity contribution in [1.29, 1.82) is 0 Å². The van der Waals surface area contributed by atoms with Gasteiger partial charge in [-0.25, -0.2) is 4.79 Å². The van der Waals surface area contributed by atoms with Gasteiger partial charge in [0, 0.05) is 51.7 Å². The lowest BCUT2D eigenvalue weighted by molar-refractivity contribution is -0.149. The van der Waals surface area contributed by atoms with Crippen molar-refractivity contribution < 1.29 is 52.5 Å². The summed E-state index contributed by atoms with van der Waals surface area (Å²) < 4.78 is 28.0. The number of piperidine rings is 1. The van der Waals surface area contributed by atoms with Crippen LogP contribution in [0.15, 0.2) is 35.4 Å². The van der Waals surface area contributed by atoms with Crippen molar-refractivity contribution in [2.24, 2.45) is 28.8 Å². The molecule has 1 aromatic carbocycles. The number of hydrogen-bond donors (Lipinski definition) is 2. The highest BCUT2D eigenvalue weighted by molar-refractivity contribution is 5.93. The molecule has 374 valence electrons. The largest absolute Gasteiger partial charge is 0.467 e. The topological polar surface area (TPSA) is 231 Å². The quantitative estimate of drug-likeness (QED) is 0.0400. The van der Waals surface area contributed by atoms with Gasteiger partial charge in [-0.3, -0.25) is 24.0 Å². The van der Waals surface area contributed by atoms with Crippen LogP contribution in [0.5, 0.6) is 0 Å². The number of fused-ring (bicyclic) bond motifs is 2. The molecule has 3 unspecified atom stereocenters. The Morgan fingerprint density at radius 1 is 0.910 bits per heavy atom. The van der Waals surface area contributed by atoms with Gasteiger partial charge in [-0.05, 0) is 61.0 Å². The van der Waals surface area contributed by atoms with Gasteiger partial charge in [0.05, 0.1) is 76.6 Å². The first-order valence-electron chi connectivity index (χ1n) is 23.9. The maximum atomic E-state index is 14.6. The van der Waals surface area contributed by atoms with Crippen LogP contribution in [0.3, 0.4) is 0 Å². The molecule has 2 N–H and O–H groups in total. The number of benzene rings is 1. The molecular formula is C48H76N8O11. The molecule has 3 aliphatic rings. The van der Waals surface area contributed by atoms with Crippen molar-refractivity contribution in [1.82, 2.24) is 25.3 Å². The summed E-state index contributed by atoms with van der Waals surface area (Å²) in [6, 6.07) is 5.76. The van der Waals surface area contributed by atoms with Crippen molar-refractivity contribution in [2.45, 2.75) is 141 Å². The highest BCUT2D eigenvalue weighted by Gasteiger charge is 2.52. The lowest BCUT2D eigenvalue weighted by atomic mass is 9.89. The number of ether oxygens (including phenoxy) is 5. The van der Waals surface area contributed by atoms with Crippen LogP contribution in [0.25, 0.3) is 10.4 Å². The van der Waals surface area contributed by atoms with Crippen LogP contribution in [-0.4, -0.2) is 167 Å². The second-order valence-corrected chi connectivity index (χ2v) is 18.5. The van der Waals surface area contributed by atoms with Gasteiger partial charge in [-0.2, -0.15) is 0 Å². The third-order valence-electron chi connectivity index (χ3n) is 13.9. The molecule has 11 atom stereocenters. The number of likely N-dealkylation sites (tertiary alicyclic amines) is 2. The lowest BCUT2D eigenvalue weighted by Crippen LogP contribution is -2.60. The van der Waals surface area contributed by atoms with Crippen LogP contribution in [0.2, 0.25) is 0 Å². The summed E-state index contributed by atoms with van der Waals surface area (Å²) in [4.78, 5) is 91.1. The predicted molar refractivity (Wildman–Crippen MR) is 249 cm³/mol. The Labute approximate surface area is 396 Å². The minimum absolute atomic E-state index is 0.0161. The first-order valence-corrected chi connectivity index (χ1v) is 23.9. The van der Waals surface area contributed by atoms with Crippen molar-refractivity contribution in [3.63, 3.8) is 0 Å². The van der Waals surface area contributed by atoms with E-state index in [1.54, 1.807) is 28.7 Å². The van der Waals surface area contributed by atoms with Gasteiger partial charge in [0.2, 0.25) is 29.5 Å². The Balaban J connectivity index is 1.42. The predicted octanol–water partition coefficient (Wildman–Crippen LogP) is 4.06. The van der Waals surface area contributed by atoms with E-state index >= 15 is 0 Å². The van der Waals surface area contributed by atoms with Gasteiger partial charge in [0.1, 0.15) is 18.1 Å². The molecule has 19 nitrogen and oxygen atoms in total. The van der Waals surface area contributed by atoms with Gasteiger partial charge in [-0.15, -0.1) is 0 Å². The molecule has 1 aromatic rings. The van der Waals surface area contributed by atoms with Crippen LogP contribution in [0.4, 0.5) is 0 Å². The van der Waals surface area contributed by atoms with Crippen molar-refractivity contribution in [3.8, 4) is 0 Å². The van der Waals surface area contributed by atoms with Gasteiger partial charge >= 0.3 is 5.97 Å². The molecule has 0 radical (unpaired) electrons. The van der Waals surface area contributed by atoms with Gasteiger partial charge < -0.3 is 49.0 Å². The molecular weight excluding hydrogens is 865 g/mol. The van der Waals surface area contributed by atoms with E-state index in [2.05, 4.69) is 20.7 Å². The summed E-state index contributed by atoms with van der Waals surface area (Å²) in [6.45, 7) is 11.2. The fourth-order valence-electron chi connectivity index (χ4n) is 10.2. The molecule has 0 aromatic heterocycles. The summed E-state index contributed by atoms with van der Waals surface area (Å²) in [5, 5.41) is 9.33. The van der Waals surface area contributed by atoms with Crippen LogP contribution >= 0.6 is 0 Å². The van der Waals surface area contributed by atoms with E-state index in [1.165, 1.54) is 21.3 Å². The Morgan fingerprint density at radius 2 is 1.61 bits per heavy atom. The van der Waals surface area contributed by atoms with Crippen LogP contribution in [0, 0.1) is 23.7 Å². The number of nitrogens with zero attached hydrogens (tertiary/aromatic N) is 6. The summed E-state index contributed by atoms with van der Waals surface area (Å²) in [5.74, 6) is -3.19. The number of esters is 1. The molecule has 1 aliphatic carbocycles. The number of rotatable bonds is 28. The number of carbonyl (C=O) groups is 6. The summed E-state index contributed by atoms with van der Waals surface area (Å²) >= 11 is 0. The highest BCUT2D eigenvalue weighted by Crippen LogP contribution is 2.43. The van der Waals surface area contributed by atoms with Crippen molar-refractivity contribution in [3.05, 3.63) is 46.3 Å². The van der Waals surface area contributed by atoms with E-state index in [0.717, 1.165) is 24.8 Å². The van der Waals surface area contributed by atoms with E-state index in [0.29, 0.717) is 32.4 Å². The number of methoxy groups -OCH3 is 3. The monoisotopic (exact) mass is 941 g/mol. The minimum Gasteiger partial charge on any atom is -0.467 e. The average molecular weight is 941 g/mol. The first-order chi connectivity index (χ1) is 32.1. The Morgan fingerprint density at radius 3 is 2.24 bits per heavy atom. The Kier molecular flexibility index (Phi) is 22.3. The van der Waals surface area contributed by atoms with Crippen LogP contribution in [-0.2, 0) is 58.9 Å². The zero-order valence-corrected chi connectivity index (χ0v) is 41.1. The average Bonchev–Trinajstić information content (AvgIpc) is 4.10. The minimum atomic E-state index is -0.918. The molecule has 2 bridgehead atoms. The fraction of sp³-hybridized carbons (Fsp3) is 0.750. The van der Waals surface area contributed by atoms with Gasteiger partial charge in [0.25, 0.3) is 0 Å². The number of amides is 5. The third kappa shape index (κ3) is 14.6. The molecule has 67 heavy (non-hydrogen) atoms. The highest BCUT2D eigenvalue weighted by atomic mass is 16.5. The number of carbonyl (C=O) groups excluding carboxylic acids is 6. The van der Waals surface area contributed by atoms with Crippen molar-refractivity contribution >= 4 is 35.5 Å². The summed E-state index contributed by atoms with van der Waals surface area (Å²) in [6.07, 6.45) is 3.22. The van der Waals surface area contributed by atoms with E-state index < -0.39 is 60.2 Å². The summed E-state index contributed by atoms with van der Waals surface area (Å²) in [5.41, 5.74) is 9.23. The molecule has 1 saturated carbocycles. The molecule has 5 amide bonds. The van der Waals surface area contributed by atoms with Gasteiger partial charge in [-0.1, -0.05) is 76.5 Å². The molecule has 2 saturated heterocycles. The maximum Gasteiger partial charge on any atom is 0.328 e. The zero-order valence-electron chi connectivity index (χ0n) is 41.1. The standard InChI is InChI=1S/C48H76N8O11/c1-10-31(4)42(38(63-7)29-40(58)55-22-14-17-37(55)44(64-8)32(5)45(59)51-36(48(62)65-9)27-33-15-12-11-13-16-33)54(6)47(61)41(30(2)3)52-46(60)43-34-18-19-35(28-34)56(43)39(57)20-23-66-25-26-67-24-21-50-53-49/h11-13,15-16,30-32,34-38,41-44H,10,14,17-29H2,1-9H3,(H,51,59)(H,52,60)/t31-,32+,34-,35+,36?,37?,38+,41?,42-,43-,44+/m0/s1. The molecule has 2 heterocycles. The Bertz CT molecular complexity index is 1830. The fourth-order valence-corrected chi connectivity index (χ4v) is 10.2. The molecule has 3 fully saturated rings. The third-order valence-corrected chi connectivity index (χ3v) is 13.9. The molecule has 2 aliphatic heterocycles. The molecule has 19 heteroatoms. The molecule has 0 spiro atoms. The zero-order chi connectivity index (χ0) is 49.2. The van der Waals surface area contributed by atoms with E-state index in [9.17, 15) is 28.8 Å². The molecule has 4 rings (SSSR count). The number of hydrogen-bond acceptors (Lipinski definition) is 12. The smallest absolute Gasteiger partial charge is 0.328 e. The van der Waals surface area contributed by atoms with Crippen LogP contribution < -0.4 is 10.6 Å². The number of azide groups is 1. The second-order valence-electron chi connectivity index (χ2n) is 18.5. The normalized spacial score (nSPS) is 21.9. The Hall–Kier alpha value is -4.81. The lowest BCUT2D eigenvalue weighted by Gasteiger charge is -2.41. The second kappa shape index (κ2) is 27.3. The van der Waals surface area contributed by atoms with E-state index in [-0.39, 0.29) is 93.1 Å². The summed E-state index contributed by atoms with van der Waals surface area (Å²) in [7, 11) is 6.01. The first kappa shape index (κ1) is 54.8. The van der Waals surface area contributed by atoms with Gasteiger partial charge in [0.15, 0.2) is 0 Å². The SMILES string of the molecule is CC[C@H](C)[C@@H]([C@@H](CC(=O)N1CCCC1[C@H](OC)[C@@H](C)C(=O)NC(Cc1ccccc1)C(=O)OC)OC)N(C)C(=O)C(NC(=O)[C@@H]1[C@H]2CC[C@H](C2)N1C(=O)CCOCCOCCN=[N+]=[N-])C(C)C. The maximum absolute atomic E-state index is 14.6.